The molecule has 1 heterocycles. The van der Waals surface area contributed by atoms with E-state index in [1.807, 2.05) is 19.0 Å². The average molecular weight is 427 g/mol. The van der Waals surface area contributed by atoms with Crippen LogP contribution in [0.2, 0.25) is 0 Å². The van der Waals surface area contributed by atoms with E-state index in [1.165, 1.54) is 41.3 Å². The Morgan fingerprint density at radius 1 is 1.13 bits per heavy atom. The zero-order valence-corrected chi connectivity index (χ0v) is 17.1. The standard InChI is InChI=1S/C22H22FN3O5/c1-24(2)12-3-13-25-19(14-6-10-17(11-7-14)26(30)31)18(21(28)22(25)29)20(27)15-4-8-16(23)9-5-15/h4-11,19,27H,3,12-13H2,1-2H3/b20-18-. The van der Waals surface area contributed by atoms with Gasteiger partial charge in [-0.25, -0.2) is 4.39 Å². The molecule has 9 heteroatoms. The van der Waals surface area contributed by atoms with Gasteiger partial charge in [0.1, 0.15) is 11.6 Å². The number of aliphatic hydroxyl groups is 1. The van der Waals surface area contributed by atoms with Crippen LogP contribution in [0.25, 0.3) is 5.76 Å². The predicted octanol–water partition coefficient (Wildman–Crippen LogP) is 3.11. The maximum absolute atomic E-state index is 13.3. The molecule has 2 aromatic rings. The van der Waals surface area contributed by atoms with Gasteiger partial charge in [-0.3, -0.25) is 19.7 Å². The van der Waals surface area contributed by atoms with Crippen LogP contribution in [0.1, 0.15) is 23.6 Å². The van der Waals surface area contributed by atoms with Gasteiger partial charge in [0.2, 0.25) is 0 Å². The first-order valence-corrected chi connectivity index (χ1v) is 9.64. The predicted molar refractivity (Wildman–Crippen MR) is 112 cm³/mol. The van der Waals surface area contributed by atoms with Crippen LogP contribution in [-0.4, -0.2) is 58.7 Å². The average Bonchev–Trinajstić information content (AvgIpc) is 2.98. The third-order valence-corrected chi connectivity index (χ3v) is 5.08. The number of ketones is 1. The molecule has 0 aromatic heterocycles. The first-order chi connectivity index (χ1) is 14.7. The molecule has 162 valence electrons. The molecule has 1 saturated heterocycles. The number of carbonyl (C=O) groups excluding carboxylic acids is 2. The number of hydrogen-bond donors (Lipinski definition) is 1. The number of likely N-dealkylation sites (tertiary alicyclic amines) is 1. The van der Waals surface area contributed by atoms with E-state index < -0.39 is 34.2 Å². The summed E-state index contributed by atoms with van der Waals surface area (Å²) in [6.07, 6.45) is 0.583. The Hall–Kier alpha value is -3.59. The van der Waals surface area contributed by atoms with Crippen LogP contribution in [0.15, 0.2) is 54.1 Å². The fraction of sp³-hybridized carbons (Fsp3) is 0.273. The van der Waals surface area contributed by atoms with Crippen LogP contribution in [0, 0.1) is 15.9 Å². The number of amides is 1. The smallest absolute Gasteiger partial charge is 0.295 e. The Balaban J connectivity index is 2.09. The molecule has 8 nitrogen and oxygen atoms in total. The van der Waals surface area contributed by atoms with Gasteiger partial charge < -0.3 is 14.9 Å². The fourth-order valence-corrected chi connectivity index (χ4v) is 3.56. The summed E-state index contributed by atoms with van der Waals surface area (Å²) in [6.45, 7) is 0.929. The van der Waals surface area contributed by atoms with Gasteiger partial charge in [0.05, 0.1) is 16.5 Å². The van der Waals surface area contributed by atoms with Crippen molar-refractivity contribution < 1.29 is 24.0 Å². The van der Waals surface area contributed by atoms with Gasteiger partial charge in [0.25, 0.3) is 17.4 Å². The van der Waals surface area contributed by atoms with Crippen LogP contribution in [-0.2, 0) is 9.59 Å². The lowest BCUT2D eigenvalue weighted by molar-refractivity contribution is -0.384. The second-order valence-corrected chi connectivity index (χ2v) is 7.50. The summed E-state index contributed by atoms with van der Waals surface area (Å²) >= 11 is 0. The lowest BCUT2D eigenvalue weighted by Crippen LogP contribution is -2.32. The molecule has 2 aromatic carbocycles. The first kappa shape index (κ1) is 22.1. The van der Waals surface area contributed by atoms with E-state index in [4.69, 9.17) is 0 Å². The molecule has 3 rings (SSSR count). The highest BCUT2D eigenvalue weighted by Crippen LogP contribution is 2.39. The Labute approximate surface area is 178 Å². The minimum absolute atomic E-state index is 0.129. The fourth-order valence-electron chi connectivity index (χ4n) is 3.56. The third kappa shape index (κ3) is 4.61. The van der Waals surface area contributed by atoms with Gasteiger partial charge in [0, 0.05) is 24.2 Å². The van der Waals surface area contributed by atoms with Crippen molar-refractivity contribution in [3.63, 3.8) is 0 Å². The number of nitro benzene ring substituents is 1. The minimum Gasteiger partial charge on any atom is -0.507 e. The van der Waals surface area contributed by atoms with Crippen LogP contribution in [0.3, 0.4) is 0 Å². The van der Waals surface area contributed by atoms with Crippen LogP contribution < -0.4 is 0 Å². The number of Topliss-reactive ketones (excluding diaryl/α,β-unsaturated/α-hetero) is 1. The van der Waals surface area contributed by atoms with E-state index in [-0.39, 0.29) is 23.4 Å². The largest absolute Gasteiger partial charge is 0.507 e. The Kier molecular flexibility index (Phi) is 6.45. The summed E-state index contributed by atoms with van der Waals surface area (Å²) < 4.78 is 13.3. The molecule has 1 unspecified atom stereocenters. The van der Waals surface area contributed by atoms with E-state index in [0.29, 0.717) is 18.5 Å². The maximum Gasteiger partial charge on any atom is 0.295 e. The van der Waals surface area contributed by atoms with Crippen LogP contribution in [0.5, 0.6) is 0 Å². The summed E-state index contributed by atoms with van der Waals surface area (Å²) in [5.74, 6) is -2.54. The number of non-ortho nitro benzene ring substituents is 1. The number of aliphatic hydroxyl groups excluding tert-OH is 1. The highest BCUT2D eigenvalue weighted by molar-refractivity contribution is 6.46. The van der Waals surface area contributed by atoms with E-state index in [9.17, 15) is 29.2 Å². The molecule has 0 aliphatic carbocycles. The molecule has 1 aliphatic rings. The number of carbonyl (C=O) groups is 2. The molecule has 0 bridgehead atoms. The van der Waals surface area contributed by atoms with Crippen molar-refractivity contribution in [3.8, 4) is 0 Å². The highest BCUT2D eigenvalue weighted by Gasteiger charge is 2.45. The molecule has 1 amide bonds. The zero-order valence-electron chi connectivity index (χ0n) is 17.1. The minimum atomic E-state index is -0.909. The molecule has 1 fully saturated rings. The van der Waals surface area contributed by atoms with Gasteiger partial charge in [-0.15, -0.1) is 0 Å². The number of rotatable bonds is 7. The summed E-state index contributed by atoms with van der Waals surface area (Å²) in [5, 5.41) is 21.8. The summed E-state index contributed by atoms with van der Waals surface area (Å²) in [7, 11) is 3.77. The van der Waals surface area contributed by atoms with E-state index in [1.54, 1.807) is 0 Å². The number of nitro groups is 1. The van der Waals surface area contributed by atoms with Crippen LogP contribution >= 0.6 is 0 Å². The second kappa shape index (κ2) is 9.05. The van der Waals surface area contributed by atoms with Gasteiger partial charge in [-0.1, -0.05) is 0 Å². The Morgan fingerprint density at radius 3 is 2.29 bits per heavy atom. The molecule has 1 aliphatic heterocycles. The molecule has 0 saturated carbocycles. The van der Waals surface area contributed by atoms with Crippen molar-refractivity contribution in [1.29, 1.82) is 0 Å². The van der Waals surface area contributed by atoms with Crippen molar-refractivity contribution >= 4 is 23.1 Å². The normalized spacial score (nSPS) is 18.1. The summed E-state index contributed by atoms with van der Waals surface area (Å²) in [5.41, 5.74) is 0.389. The van der Waals surface area contributed by atoms with E-state index in [2.05, 4.69) is 0 Å². The van der Waals surface area contributed by atoms with Crippen molar-refractivity contribution in [2.24, 2.45) is 0 Å². The monoisotopic (exact) mass is 427 g/mol. The zero-order chi connectivity index (χ0) is 22.7. The van der Waals surface area contributed by atoms with Crippen molar-refractivity contribution in [1.82, 2.24) is 9.80 Å². The molecule has 31 heavy (non-hydrogen) atoms. The molecule has 0 radical (unpaired) electrons. The molecule has 0 spiro atoms. The molecule has 1 N–H and O–H groups in total. The van der Waals surface area contributed by atoms with Gasteiger partial charge in [-0.2, -0.15) is 0 Å². The summed E-state index contributed by atoms with van der Waals surface area (Å²) in [6, 6.07) is 9.51. The third-order valence-electron chi connectivity index (χ3n) is 5.08. The number of benzene rings is 2. The SMILES string of the molecule is CN(C)CCCN1C(=O)C(=O)/C(=C(\O)c2ccc(F)cc2)C1c1ccc([N+](=O)[O-])cc1. The van der Waals surface area contributed by atoms with Crippen molar-refractivity contribution in [3.05, 3.63) is 81.2 Å². The van der Waals surface area contributed by atoms with E-state index in [0.717, 1.165) is 12.1 Å². The summed E-state index contributed by atoms with van der Waals surface area (Å²) in [4.78, 5) is 39.4. The topological polar surface area (TPSA) is 104 Å². The maximum atomic E-state index is 13.3. The number of hydrogen-bond acceptors (Lipinski definition) is 6. The first-order valence-electron chi connectivity index (χ1n) is 9.64. The Bertz CT molecular complexity index is 1030. The highest BCUT2D eigenvalue weighted by atomic mass is 19.1. The van der Waals surface area contributed by atoms with Gasteiger partial charge in [0.15, 0.2) is 0 Å². The molecular weight excluding hydrogens is 405 g/mol. The quantitative estimate of drug-likeness (QED) is 0.239. The van der Waals surface area contributed by atoms with E-state index >= 15 is 0 Å². The molecular formula is C22H22FN3O5. The second-order valence-electron chi connectivity index (χ2n) is 7.50. The van der Waals surface area contributed by atoms with Gasteiger partial charge >= 0.3 is 0 Å². The number of nitrogens with zero attached hydrogens (tertiary/aromatic N) is 3. The van der Waals surface area contributed by atoms with Crippen LogP contribution in [0.4, 0.5) is 10.1 Å². The lowest BCUT2D eigenvalue weighted by Gasteiger charge is -2.25. The van der Waals surface area contributed by atoms with Crippen molar-refractivity contribution in [2.75, 3.05) is 27.2 Å². The number of halogens is 1. The van der Waals surface area contributed by atoms with Crippen molar-refractivity contribution in [2.45, 2.75) is 12.5 Å². The Morgan fingerprint density at radius 2 is 1.74 bits per heavy atom. The molecule has 1 atom stereocenters. The lowest BCUT2D eigenvalue weighted by atomic mass is 9.95. The van der Waals surface area contributed by atoms with Gasteiger partial charge in [-0.05, 0) is 69.0 Å².